The average Bonchev–Trinajstić information content (AvgIpc) is 3.31. The fourth-order valence-electron chi connectivity index (χ4n) is 4.05. The molecule has 7 nitrogen and oxygen atoms in total. The Morgan fingerprint density at radius 3 is 2.68 bits per heavy atom. The number of likely N-dealkylation sites (tertiary alicyclic amines) is 1. The Bertz CT molecular complexity index is 653. The van der Waals surface area contributed by atoms with Crippen LogP contribution in [0, 0.1) is 5.92 Å². The monoisotopic (exact) mass is 502 g/mol. The van der Waals surface area contributed by atoms with Gasteiger partial charge in [-0.05, 0) is 30.7 Å². The molecule has 1 aliphatic heterocycles. The van der Waals surface area contributed by atoms with Crippen LogP contribution in [0.4, 0.5) is 0 Å². The normalized spacial score (nSPS) is 20.8. The number of nitrogens with one attached hydrogen (secondary N) is 1. The van der Waals surface area contributed by atoms with Gasteiger partial charge in [0.15, 0.2) is 5.96 Å². The van der Waals surface area contributed by atoms with Crippen LogP contribution in [-0.4, -0.2) is 71.7 Å². The number of guanidine groups is 1. The zero-order chi connectivity index (χ0) is 19.2. The van der Waals surface area contributed by atoms with Gasteiger partial charge < -0.3 is 15.1 Å². The first-order valence-electron chi connectivity index (χ1n) is 10.2. The molecule has 1 saturated carbocycles. The molecule has 1 N–H and O–H groups in total. The molecule has 3 rings (SSSR count). The van der Waals surface area contributed by atoms with Crippen LogP contribution >= 0.6 is 24.0 Å². The number of hydrogen-bond acceptors (Lipinski definition) is 3. The lowest BCUT2D eigenvalue weighted by Gasteiger charge is -2.26. The zero-order valence-corrected chi connectivity index (χ0v) is 19.8. The Morgan fingerprint density at radius 1 is 1.29 bits per heavy atom. The van der Waals surface area contributed by atoms with E-state index in [1.807, 2.05) is 17.9 Å². The fourth-order valence-corrected chi connectivity index (χ4v) is 4.05. The quantitative estimate of drug-likeness (QED) is 0.382. The van der Waals surface area contributed by atoms with Gasteiger partial charge in [0.05, 0.1) is 6.20 Å². The van der Waals surface area contributed by atoms with Crippen LogP contribution in [0.1, 0.15) is 50.0 Å². The molecule has 2 aliphatic rings. The first-order valence-corrected chi connectivity index (χ1v) is 10.2. The van der Waals surface area contributed by atoms with Crippen molar-refractivity contribution in [3.05, 3.63) is 18.0 Å². The molecule has 1 aliphatic carbocycles. The lowest BCUT2D eigenvalue weighted by atomic mass is 9.89. The van der Waals surface area contributed by atoms with Gasteiger partial charge >= 0.3 is 0 Å². The van der Waals surface area contributed by atoms with Gasteiger partial charge in [-0.1, -0.05) is 19.3 Å². The summed E-state index contributed by atoms with van der Waals surface area (Å²) in [6, 6.07) is 0. The molecule has 1 saturated heterocycles. The minimum absolute atomic E-state index is 0. The van der Waals surface area contributed by atoms with Gasteiger partial charge in [-0.3, -0.25) is 9.48 Å². The maximum atomic E-state index is 12.0. The number of aliphatic imine (C=N–C) groups is 1. The van der Waals surface area contributed by atoms with Gasteiger partial charge in [0.25, 0.3) is 0 Å². The largest absolute Gasteiger partial charge is 0.356 e. The van der Waals surface area contributed by atoms with Gasteiger partial charge in [0, 0.05) is 52.9 Å². The number of halogens is 1. The fraction of sp³-hybridized carbons (Fsp3) is 0.750. The van der Waals surface area contributed by atoms with E-state index in [9.17, 15) is 4.79 Å². The number of carbonyl (C=O) groups is 1. The van der Waals surface area contributed by atoms with E-state index in [0.717, 1.165) is 37.9 Å². The van der Waals surface area contributed by atoms with Gasteiger partial charge in [-0.25, -0.2) is 4.99 Å². The van der Waals surface area contributed by atoms with Crippen molar-refractivity contribution < 1.29 is 4.79 Å². The molecule has 1 aromatic rings. The number of aromatic nitrogens is 2. The molecule has 1 atom stereocenters. The summed E-state index contributed by atoms with van der Waals surface area (Å²) in [5, 5.41) is 7.90. The lowest BCUT2D eigenvalue weighted by Crippen LogP contribution is -2.43. The molecule has 8 heteroatoms. The first kappa shape index (κ1) is 23.0. The number of aryl methyl sites for hydroxylation is 1. The van der Waals surface area contributed by atoms with Crippen LogP contribution in [0.25, 0.3) is 0 Å². The summed E-state index contributed by atoms with van der Waals surface area (Å²) in [6.45, 7) is 3.06. The van der Waals surface area contributed by atoms with Gasteiger partial charge in [0.1, 0.15) is 6.54 Å². The van der Waals surface area contributed by atoms with Gasteiger partial charge in [-0.2, -0.15) is 5.10 Å². The van der Waals surface area contributed by atoms with E-state index in [2.05, 4.69) is 26.5 Å². The highest BCUT2D eigenvalue weighted by molar-refractivity contribution is 14.0. The first-order chi connectivity index (χ1) is 13.0. The van der Waals surface area contributed by atoms with Crippen molar-refractivity contribution in [3.8, 4) is 0 Å². The molecule has 28 heavy (non-hydrogen) atoms. The van der Waals surface area contributed by atoms with Crippen molar-refractivity contribution in [1.82, 2.24) is 24.9 Å². The number of rotatable bonds is 5. The Balaban J connectivity index is 0.00000280. The molecule has 1 aromatic heterocycles. The van der Waals surface area contributed by atoms with Crippen molar-refractivity contribution >= 4 is 35.8 Å². The topological polar surface area (TPSA) is 65.8 Å². The van der Waals surface area contributed by atoms with E-state index in [1.165, 1.54) is 37.7 Å². The Kier molecular flexibility index (Phi) is 9.04. The van der Waals surface area contributed by atoms with E-state index in [-0.39, 0.29) is 36.4 Å². The molecule has 0 aromatic carbocycles. The van der Waals surface area contributed by atoms with Crippen molar-refractivity contribution in [2.45, 2.75) is 44.4 Å². The highest BCUT2D eigenvalue weighted by Crippen LogP contribution is 2.27. The molecule has 0 bridgehead atoms. The number of hydrogen-bond donors (Lipinski definition) is 1. The highest BCUT2D eigenvalue weighted by Gasteiger charge is 2.27. The summed E-state index contributed by atoms with van der Waals surface area (Å²) >= 11 is 0. The van der Waals surface area contributed by atoms with Crippen LogP contribution in [0.15, 0.2) is 17.4 Å². The zero-order valence-electron chi connectivity index (χ0n) is 17.4. The van der Waals surface area contributed by atoms with Crippen molar-refractivity contribution in [2.24, 2.45) is 18.0 Å². The maximum Gasteiger partial charge on any atom is 0.243 e. The number of amides is 1. The van der Waals surface area contributed by atoms with E-state index >= 15 is 0 Å². The second-order valence-electron chi connectivity index (χ2n) is 8.19. The minimum Gasteiger partial charge on any atom is -0.356 e. The van der Waals surface area contributed by atoms with Crippen LogP contribution in [0.5, 0.6) is 0 Å². The molecular weight excluding hydrogens is 467 g/mol. The molecule has 2 fully saturated rings. The third-order valence-corrected chi connectivity index (χ3v) is 5.82. The summed E-state index contributed by atoms with van der Waals surface area (Å²) in [6.07, 6.45) is 11.8. The molecule has 0 radical (unpaired) electrons. The Labute approximate surface area is 186 Å². The third kappa shape index (κ3) is 6.35. The van der Waals surface area contributed by atoms with Crippen LogP contribution in [0.2, 0.25) is 0 Å². The van der Waals surface area contributed by atoms with E-state index in [0.29, 0.717) is 5.92 Å². The Morgan fingerprint density at radius 2 is 2.04 bits per heavy atom. The van der Waals surface area contributed by atoms with E-state index < -0.39 is 0 Å². The van der Waals surface area contributed by atoms with E-state index in [1.54, 1.807) is 19.0 Å². The summed E-state index contributed by atoms with van der Waals surface area (Å²) in [4.78, 5) is 20.6. The van der Waals surface area contributed by atoms with Gasteiger partial charge in [0.2, 0.25) is 5.91 Å². The highest BCUT2D eigenvalue weighted by atomic mass is 127. The molecule has 1 unspecified atom stereocenters. The van der Waals surface area contributed by atoms with E-state index in [4.69, 9.17) is 0 Å². The smallest absolute Gasteiger partial charge is 0.243 e. The van der Waals surface area contributed by atoms with Gasteiger partial charge in [-0.15, -0.1) is 24.0 Å². The van der Waals surface area contributed by atoms with Crippen molar-refractivity contribution in [1.29, 1.82) is 0 Å². The summed E-state index contributed by atoms with van der Waals surface area (Å²) in [5.41, 5.74) is 1.29. The average molecular weight is 502 g/mol. The van der Waals surface area contributed by atoms with Crippen molar-refractivity contribution in [2.75, 3.05) is 40.3 Å². The second kappa shape index (κ2) is 11.0. The summed E-state index contributed by atoms with van der Waals surface area (Å²) < 4.78 is 1.87. The summed E-state index contributed by atoms with van der Waals surface area (Å²) in [7, 11) is 5.52. The molecule has 2 heterocycles. The number of carbonyl (C=O) groups excluding carboxylic acids is 1. The van der Waals surface area contributed by atoms with Crippen LogP contribution in [-0.2, 0) is 11.8 Å². The lowest BCUT2D eigenvalue weighted by molar-refractivity contribution is -0.127. The Hall–Kier alpha value is -1.32. The predicted molar refractivity (Wildman–Crippen MR) is 123 cm³/mol. The van der Waals surface area contributed by atoms with Crippen LogP contribution < -0.4 is 5.32 Å². The minimum atomic E-state index is 0. The SMILES string of the molecule is CN(C)C(=O)CN=C(NCC1CCCCC1)N1CCC(c2cnn(C)c2)C1.I. The van der Waals surface area contributed by atoms with Crippen molar-refractivity contribution in [3.63, 3.8) is 0 Å². The second-order valence-corrected chi connectivity index (χ2v) is 8.19. The molecule has 0 spiro atoms. The molecule has 1 amide bonds. The number of nitrogens with zero attached hydrogens (tertiary/aromatic N) is 5. The maximum absolute atomic E-state index is 12.0. The third-order valence-electron chi connectivity index (χ3n) is 5.82. The molecule has 158 valence electrons. The standard InChI is InChI=1S/C20H34N6O.HI/c1-24(2)19(27)13-22-20(21-11-16-7-5-4-6-8-16)26-10-9-17(15-26)18-12-23-25(3)14-18;/h12,14,16-17H,4-11,13,15H2,1-3H3,(H,21,22);1H. The number of likely N-dealkylation sites (N-methyl/N-ethyl adjacent to an activating group) is 1. The predicted octanol–water partition coefficient (Wildman–Crippen LogP) is 2.44. The summed E-state index contributed by atoms with van der Waals surface area (Å²) in [5.74, 6) is 2.13. The molecular formula is C20H35IN6O. The van der Waals surface area contributed by atoms with Crippen LogP contribution in [0.3, 0.4) is 0 Å².